The van der Waals surface area contributed by atoms with Gasteiger partial charge >= 0.3 is 0 Å². The molecule has 0 spiro atoms. The lowest BCUT2D eigenvalue weighted by Gasteiger charge is -2.32. The third-order valence-electron chi connectivity index (χ3n) is 5.52. The number of hydrogen-bond donors (Lipinski definition) is 0. The van der Waals surface area contributed by atoms with E-state index in [0.29, 0.717) is 22.8 Å². The lowest BCUT2D eigenvalue weighted by Crippen LogP contribution is -2.33. The summed E-state index contributed by atoms with van der Waals surface area (Å²) < 4.78 is 30.2. The van der Waals surface area contributed by atoms with Crippen molar-refractivity contribution in [1.82, 2.24) is 15.0 Å². The molecule has 29 heavy (non-hydrogen) atoms. The number of rotatable bonds is 5. The Morgan fingerprint density at radius 1 is 1.10 bits per heavy atom. The largest absolute Gasteiger partial charge is 0.493 e. The van der Waals surface area contributed by atoms with Crippen LogP contribution in [-0.2, 0) is 13.0 Å². The van der Waals surface area contributed by atoms with Crippen molar-refractivity contribution in [3.05, 3.63) is 58.7 Å². The molecule has 0 aliphatic carbocycles. The van der Waals surface area contributed by atoms with Crippen molar-refractivity contribution in [3.63, 3.8) is 0 Å². The van der Waals surface area contributed by atoms with Crippen LogP contribution in [0.4, 0.5) is 4.39 Å². The Balaban J connectivity index is 1.54. The lowest BCUT2D eigenvalue weighted by molar-refractivity contribution is 0.157. The second-order valence-electron chi connectivity index (χ2n) is 7.29. The molecule has 4 rings (SSSR count). The number of halogens is 1. The Morgan fingerprint density at radius 2 is 1.83 bits per heavy atom. The summed E-state index contributed by atoms with van der Waals surface area (Å²) >= 11 is 0. The molecule has 1 unspecified atom stereocenters. The molecule has 1 aliphatic heterocycles. The molecular weight excluding hydrogens is 373 g/mol. The summed E-state index contributed by atoms with van der Waals surface area (Å²) in [4.78, 5) is 6.79. The fourth-order valence-corrected chi connectivity index (χ4v) is 3.65. The molecule has 6 nitrogen and oxygen atoms in total. The molecule has 1 atom stereocenters. The minimum Gasteiger partial charge on any atom is -0.493 e. The normalized spacial score (nSPS) is 15.1. The molecule has 0 amide bonds. The molecule has 2 aromatic carbocycles. The van der Waals surface area contributed by atoms with Crippen LogP contribution in [0.3, 0.4) is 0 Å². The van der Waals surface area contributed by atoms with Gasteiger partial charge in [-0.05, 0) is 55.2 Å². The Morgan fingerprint density at radius 3 is 2.52 bits per heavy atom. The highest BCUT2D eigenvalue weighted by Crippen LogP contribution is 2.35. The van der Waals surface area contributed by atoms with Gasteiger partial charge in [0.05, 0.1) is 20.3 Å². The Kier molecular flexibility index (Phi) is 5.24. The van der Waals surface area contributed by atoms with E-state index in [0.717, 1.165) is 31.0 Å². The van der Waals surface area contributed by atoms with Gasteiger partial charge in [-0.3, -0.25) is 4.90 Å². The van der Waals surface area contributed by atoms with Crippen LogP contribution >= 0.6 is 0 Å². The van der Waals surface area contributed by atoms with Crippen LogP contribution in [0.15, 0.2) is 34.9 Å². The molecule has 2 heterocycles. The molecule has 0 saturated carbocycles. The van der Waals surface area contributed by atoms with E-state index in [4.69, 9.17) is 14.0 Å². The Labute approximate surface area is 169 Å². The van der Waals surface area contributed by atoms with Gasteiger partial charge < -0.3 is 14.0 Å². The van der Waals surface area contributed by atoms with E-state index in [1.54, 1.807) is 33.3 Å². The maximum Gasteiger partial charge on any atom is 0.244 e. The highest BCUT2D eigenvalue weighted by molar-refractivity contribution is 5.55. The first-order valence-electron chi connectivity index (χ1n) is 9.58. The van der Waals surface area contributed by atoms with Crippen LogP contribution in [-0.4, -0.2) is 35.8 Å². The third kappa shape index (κ3) is 3.70. The van der Waals surface area contributed by atoms with E-state index in [1.165, 1.54) is 17.2 Å². The summed E-state index contributed by atoms with van der Waals surface area (Å²) in [7, 11) is 3.29. The molecule has 1 aromatic heterocycles. The van der Waals surface area contributed by atoms with Crippen LogP contribution < -0.4 is 9.47 Å². The molecule has 3 aromatic rings. The number of nitrogens with zero attached hydrogens (tertiary/aromatic N) is 3. The maximum absolute atomic E-state index is 13.9. The SMILES string of the molecule is COc1cc2c(cc1OC)CN(C(C)c1nc(-c3ccc(C)c(F)c3)no1)CC2. The summed E-state index contributed by atoms with van der Waals surface area (Å²) in [5, 5.41) is 4.05. The maximum atomic E-state index is 13.9. The van der Waals surface area contributed by atoms with Gasteiger partial charge in [-0.15, -0.1) is 0 Å². The summed E-state index contributed by atoms with van der Waals surface area (Å²) in [6, 6.07) is 8.97. The average Bonchev–Trinajstić information content (AvgIpc) is 3.24. The average molecular weight is 397 g/mol. The van der Waals surface area contributed by atoms with E-state index < -0.39 is 0 Å². The van der Waals surface area contributed by atoms with E-state index in [2.05, 4.69) is 15.0 Å². The first-order valence-corrected chi connectivity index (χ1v) is 9.58. The van der Waals surface area contributed by atoms with Crippen molar-refractivity contribution < 1.29 is 18.4 Å². The first-order chi connectivity index (χ1) is 14.0. The van der Waals surface area contributed by atoms with Crippen molar-refractivity contribution in [2.24, 2.45) is 0 Å². The van der Waals surface area contributed by atoms with E-state index in [1.807, 2.05) is 19.1 Å². The molecule has 7 heteroatoms. The zero-order valence-electron chi connectivity index (χ0n) is 17.0. The zero-order valence-corrected chi connectivity index (χ0v) is 17.0. The number of fused-ring (bicyclic) bond motifs is 1. The van der Waals surface area contributed by atoms with Crippen molar-refractivity contribution >= 4 is 0 Å². The smallest absolute Gasteiger partial charge is 0.244 e. The minimum atomic E-state index is -0.279. The fraction of sp³-hybridized carbons (Fsp3) is 0.364. The third-order valence-corrected chi connectivity index (χ3v) is 5.52. The molecule has 0 saturated heterocycles. The van der Waals surface area contributed by atoms with Gasteiger partial charge in [0.1, 0.15) is 5.82 Å². The van der Waals surface area contributed by atoms with Gasteiger partial charge in [0, 0.05) is 18.7 Å². The second kappa shape index (κ2) is 7.83. The number of hydrogen-bond acceptors (Lipinski definition) is 6. The van der Waals surface area contributed by atoms with E-state index in [9.17, 15) is 4.39 Å². The Bertz CT molecular complexity index is 1030. The summed E-state index contributed by atoms with van der Waals surface area (Å²) in [5.74, 6) is 2.11. The second-order valence-corrected chi connectivity index (χ2v) is 7.29. The number of ether oxygens (including phenoxy) is 2. The first kappa shape index (κ1) is 19.4. The molecule has 1 aliphatic rings. The minimum absolute atomic E-state index is 0.0622. The summed E-state index contributed by atoms with van der Waals surface area (Å²) in [6.07, 6.45) is 0.893. The highest BCUT2D eigenvalue weighted by Gasteiger charge is 2.27. The predicted molar refractivity (Wildman–Crippen MR) is 107 cm³/mol. The topological polar surface area (TPSA) is 60.6 Å². The van der Waals surface area contributed by atoms with Crippen molar-refractivity contribution in [3.8, 4) is 22.9 Å². The standard InChI is InChI=1S/C22H24FN3O3/c1-13-5-6-16(9-18(13)23)21-24-22(29-25-21)14(2)26-8-7-15-10-19(27-3)20(28-4)11-17(15)12-26/h5-6,9-11,14H,7-8,12H2,1-4H3. The molecule has 152 valence electrons. The van der Waals surface area contributed by atoms with Gasteiger partial charge in [0.25, 0.3) is 0 Å². The van der Waals surface area contributed by atoms with Crippen LogP contribution in [0.2, 0.25) is 0 Å². The van der Waals surface area contributed by atoms with Crippen molar-refractivity contribution in [2.45, 2.75) is 32.9 Å². The van der Waals surface area contributed by atoms with Crippen LogP contribution in [0.5, 0.6) is 11.5 Å². The van der Waals surface area contributed by atoms with E-state index in [-0.39, 0.29) is 11.9 Å². The molecule has 0 fully saturated rings. The van der Waals surface area contributed by atoms with Gasteiger partial charge in [-0.1, -0.05) is 17.3 Å². The van der Waals surface area contributed by atoms with Gasteiger partial charge in [-0.25, -0.2) is 4.39 Å². The highest BCUT2D eigenvalue weighted by atomic mass is 19.1. The van der Waals surface area contributed by atoms with Crippen molar-refractivity contribution in [1.29, 1.82) is 0 Å². The number of benzene rings is 2. The zero-order chi connectivity index (χ0) is 20.5. The predicted octanol–water partition coefficient (Wildman–Crippen LogP) is 4.32. The number of methoxy groups -OCH3 is 2. The van der Waals surface area contributed by atoms with Crippen LogP contribution in [0.1, 0.15) is 35.5 Å². The summed E-state index contributed by atoms with van der Waals surface area (Å²) in [6.45, 7) is 5.37. The number of aromatic nitrogens is 2. The van der Waals surface area contributed by atoms with Crippen molar-refractivity contribution in [2.75, 3.05) is 20.8 Å². The van der Waals surface area contributed by atoms with Gasteiger partial charge in [0.2, 0.25) is 11.7 Å². The quantitative estimate of drug-likeness (QED) is 0.639. The molecule has 0 radical (unpaired) electrons. The van der Waals surface area contributed by atoms with E-state index >= 15 is 0 Å². The monoisotopic (exact) mass is 397 g/mol. The molecular formula is C22H24FN3O3. The molecule has 0 bridgehead atoms. The van der Waals surface area contributed by atoms with Gasteiger partial charge in [0.15, 0.2) is 11.5 Å². The summed E-state index contributed by atoms with van der Waals surface area (Å²) in [5.41, 5.74) is 3.65. The van der Waals surface area contributed by atoms with Crippen LogP contribution in [0, 0.1) is 12.7 Å². The molecule has 0 N–H and O–H groups in total. The Hall–Kier alpha value is -2.93. The van der Waals surface area contributed by atoms with Crippen LogP contribution in [0.25, 0.3) is 11.4 Å². The lowest BCUT2D eigenvalue weighted by atomic mass is 9.97. The van der Waals surface area contributed by atoms with Gasteiger partial charge in [-0.2, -0.15) is 4.98 Å². The fourth-order valence-electron chi connectivity index (χ4n) is 3.65. The number of aryl methyl sites for hydroxylation is 1.